The fraction of sp³-hybridized carbons (Fsp3) is 0.571. The third-order valence-corrected chi connectivity index (χ3v) is 3.24. The van der Waals surface area contributed by atoms with Crippen molar-refractivity contribution in [2.75, 3.05) is 25.5 Å². The highest BCUT2D eigenvalue weighted by Crippen LogP contribution is 2.19. The summed E-state index contributed by atoms with van der Waals surface area (Å²) in [7, 11) is 2.08. The lowest BCUT2D eigenvalue weighted by Crippen LogP contribution is -2.27. The van der Waals surface area contributed by atoms with Crippen molar-refractivity contribution in [3.63, 3.8) is 0 Å². The summed E-state index contributed by atoms with van der Waals surface area (Å²) in [5.74, 6) is -0.596. The zero-order valence-corrected chi connectivity index (χ0v) is 12.2. The first kappa shape index (κ1) is 16.4. The minimum atomic E-state index is -0.596. The summed E-state index contributed by atoms with van der Waals surface area (Å²) in [4.78, 5) is 12.3. The maximum Gasteiger partial charge on any atom is 0.274 e. The van der Waals surface area contributed by atoms with Crippen LogP contribution in [-0.4, -0.2) is 36.0 Å². The lowest BCUT2D eigenvalue weighted by Gasteiger charge is -2.20. The topological polar surface area (TPSA) is 58.4 Å². The van der Waals surface area contributed by atoms with Crippen LogP contribution >= 0.6 is 0 Å². The van der Waals surface area contributed by atoms with Crippen molar-refractivity contribution >= 4 is 11.4 Å². The van der Waals surface area contributed by atoms with Crippen molar-refractivity contribution in [1.29, 1.82) is 0 Å². The van der Waals surface area contributed by atoms with Gasteiger partial charge in [0.1, 0.15) is 5.82 Å². The molecule has 0 saturated carbocycles. The number of rotatable bonds is 8. The van der Waals surface area contributed by atoms with Gasteiger partial charge >= 0.3 is 0 Å². The van der Waals surface area contributed by atoms with Crippen molar-refractivity contribution in [1.82, 2.24) is 4.90 Å². The monoisotopic (exact) mass is 283 g/mol. The molecular formula is C14H22FN3O2. The van der Waals surface area contributed by atoms with E-state index in [9.17, 15) is 14.5 Å². The normalized spacial score (nSPS) is 11.1. The summed E-state index contributed by atoms with van der Waals surface area (Å²) < 4.78 is 13.2. The Hall–Kier alpha value is -1.69. The Morgan fingerprint density at radius 3 is 2.65 bits per heavy atom. The third-order valence-electron chi connectivity index (χ3n) is 3.24. The van der Waals surface area contributed by atoms with Crippen LogP contribution in [0.4, 0.5) is 15.8 Å². The number of nitro benzene ring substituents is 1. The Labute approximate surface area is 118 Å². The average molecular weight is 283 g/mol. The van der Waals surface area contributed by atoms with Crippen LogP contribution in [0.25, 0.3) is 0 Å². The van der Waals surface area contributed by atoms with E-state index in [2.05, 4.69) is 31.1 Å². The van der Waals surface area contributed by atoms with Crippen LogP contribution in [0.2, 0.25) is 0 Å². The number of nitro groups is 1. The van der Waals surface area contributed by atoms with E-state index in [4.69, 9.17) is 0 Å². The molecule has 0 heterocycles. The Balaban J connectivity index is 2.37. The van der Waals surface area contributed by atoms with Crippen molar-refractivity contribution in [2.24, 2.45) is 0 Å². The zero-order valence-electron chi connectivity index (χ0n) is 12.2. The SMILES string of the molecule is CC(C)N(C)CCCCNc1cc(F)cc([N+](=O)[O-])c1. The largest absolute Gasteiger partial charge is 0.385 e. The van der Waals surface area contributed by atoms with Gasteiger partial charge in [0.25, 0.3) is 5.69 Å². The molecule has 0 aliphatic heterocycles. The Morgan fingerprint density at radius 1 is 1.35 bits per heavy atom. The van der Waals surface area contributed by atoms with Crippen molar-refractivity contribution in [3.8, 4) is 0 Å². The van der Waals surface area contributed by atoms with Gasteiger partial charge < -0.3 is 10.2 Å². The van der Waals surface area contributed by atoms with Gasteiger partial charge in [-0.2, -0.15) is 0 Å². The smallest absolute Gasteiger partial charge is 0.274 e. The molecule has 0 saturated heterocycles. The van der Waals surface area contributed by atoms with Gasteiger partial charge in [-0.3, -0.25) is 10.1 Å². The molecular weight excluding hydrogens is 261 g/mol. The Kier molecular flexibility index (Phi) is 6.38. The van der Waals surface area contributed by atoms with E-state index in [1.165, 1.54) is 12.1 Å². The van der Waals surface area contributed by atoms with Crippen molar-refractivity contribution in [3.05, 3.63) is 34.1 Å². The highest BCUT2D eigenvalue weighted by molar-refractivity contribution is 5.51. The van der Waals surface area contributed by atoms with Gasteiger partial charge in [-0.15, -0.1) is 0 Å². The second-order valence-corrected chi connectivity index (χ2v) is 5.16. The van der Waals surface area contributed by atoms with Gasteiger partial charge in [0.05, 0.1) is 11.0 Å². The highest BCUT2D eigenvalue weighted by Gasteiger charge is 2.09. The highest BCUT2D eigenvalue weighted by atomic mass is 19.1. The number of halogens is 1. The number of hydrogen-bond acceptors (Lipinski definition) is 4. The molecule has 1 N–H and O–H groups in total. The molecule has 0 unspecified atom stereocenters. The molecule has 0 spiro atoms. The predicted molar refractivity (Wildman–Crippen MR) is 78.5 cm³/mol. The minimum Gasteiger partial charge on any atom is -0.385 e. The van der Waals surface area contributed by atoms with Gasteiger partial charge in [0.2, 0.25) is 0 Å². The predicted octanol–water partition coefficient (Wildman–Crippen LogP) is 3.27. The van der Waals surface area contributed by atoms with Gasteiger partial charge in [0, 0.05) is 24.3 Å². The molecule has 0 aromatic heterocycles. The number of non-ortho nitro benzene ring substituents is 1. The van der Waals surface area contributed by atoms with Gasteiger partial charge in [0.15, 0.2) is 0 Å². The minimum absolute atomic E-state index is 0.230. The molecule has 0 atom stereocenters. The van der Waals surface area contributed by atoms with Crippen molar-refractivity contribution < 1.29 is 9.31 Å². The van der Waals surface area contributed by atoms with Gasteiger partial charge in [-0.25, -0.2) is 4.39 Å². The Bertz CT molecular complexity index is 452. The molecule has 1 rings (SSSR count). The average Bonchev–Trinajstić information content (AvgIpc) is 2.37. The van der Waals surface area contributed by atoms with E-state index in [-0.39, 0.29) is 5.69 Å². The molecule has 0 fully saturated rings. The molecule has 6 heteroatoms. The first-order chi connectivity index (χ1) is 9.40. The number of nitrogens with zero attached hydrogens (tertiary/aromatic N) is 2. The molecule has 0 radical (unpaired) electrons. The fourth-order valence-electron chi connectivity index (χ4n) is 1.76. The van der Waals surface area contributed by atoms with Crippen LogP contribution in [0.1, 0.15) is 26.7 Å². The lowest BCUT2D eigenvalue weighted by molar-refractivity contribution is -0.385. The summed E-state index contributed by atoms with van der Waals surface area (Å²) >= 11 is 0. The first-order valence-electron chi connectivity index (χ1n) is 6.79. The number of anilines is 1. The van der Waals surface area contributed by atoms with Crippen molar-refractivity contribution in [2.45, 2.75) is 32.7 Å². The summed E-state index contributed by atoms with van der Waals surface area (Å²) in [5, 5.41) is 13.6. The molecule has 20 heavy (non-hydrogen) atoms. The summed E-state index contributed by atoms with van der Waals surface area (Å²) in [6.45, 7) is 5.96. The van der Waals surface area contributed by atoms with Gasteiger partial charge in [-0.05, 0) is 46.3 Å². The molecule has 1 aromatic rings. The van der Waals surface area contributed by atoms with Gasteiger partial charge in [-0.1, -0.05) is 0 Å². The van der Waals surface area contributed by atoms with E-state index >= 15 is 0 Å². The van der Waals surface area contributed by atoms with Crippen LogP contribution in [0.3, 0.4) is 0 Å². The van der Waals surface area contributed by atoms with E-state index < -0.39 is 10.7 Å². The quantitative estimate of drug-likeness (QED) is 0.452. The molecule has 1 aromatic carbocycles. The van der Waals surface area contributed by atoms with E-state index in [0.29, 0.717) is 18.3 Å². The Morgan fingerprint density at radius 2 is 2.05 bits per heavy atom. The molecule has 5 nitrogen and oxygen atoms in total. The second-order valence-electron chi connectivity index (χ2n) is 5.16. The lowest BCUT2D eigenvalue weighted by atomic mass is 10.2. The van der Waals surface area contributed by atoms with E-state index in [1.54, 1.807) is 0 Å². The van der Waals surface area contributed by atoms with E-state index in [0.717, 1.165) is 25.5 Å². The summed E-state index contributed by atoms with van der Waals surface area (Å²) in [6.07, 6.45) is 1.96. The molecule has 0 amide bonds. The maximum absolute atomic E-state index is 13.2. The van der Waals surface area contributed by atoms with Crippen LogP contribution in [0.5, 0.6) is 0 Å². The number of hydrogen-bond donors (Lipinski definition) is 1. The number of unbranched alkanes of at least 4 members (excludes halogenated alkanes) is 1. The maximum atomic E-state index is 13.2. The first-order valence-corrected chi connectivity index (χ1v) is 6.79. The van der Waals surface area contributed by atoms with Crippen LogP contribution in [0, 0.1) is 15.9 Å². The number of benzene rings is 1. The molecule has 0 aliphatic rings. The van der Waals surface area contributed by atoms with Crippen LogP contribution in [0.15, 0.2) is 18.2 Å². The molecule has 112 valence electrons. The summed E-state index contributed by atoms with van der Waals surface area (Å²) in [5.41, 5.74) is 0.223. The second kappa shape index (κ2) is 7.79. The fourth-order valence-corrected chi connectivity index (χ4v) is 1.76. The molecule has 0 aliphatic carbocycles. The summed E-state index contributed by atoms with van der Waals surface area (Å²) in [6, 6.07) is 4.06. The zero-order chi connectivity index (χ0) is 15.1. The van der Waals surface area contributed by atoms with E-state index in [1.807, 2.05) is 0 Å². The standard InChI is InChI=1S/C14H22FN3O2/c1-11(2)17(3)7-5-4-6-16-13-8-12(15)9-14(10-13)18(19)20/h8-11,16H,4-7H2,1-3H3. The number of nitrogens with one attached hydrogen (secondary N) is 1. The third kappa shape index (κ3) is 5.52. The van der Waals surface area contributed by atoms with Crippen LogP contribution in [-0.2, 0) is 0 Å². The molecule has 0 bridgehead atoms. The van der Waals surface area contributed by atoms with Crippen LogP contribution < -0.4 is 5.32 Å².